The van der Waals surface area contributed by atoms with E-state index < -0.39 is 12.2 Å². The molecule has 0 bridgehead atoms. The topological polar surface area (TPSA) is 77.4 Å². The Kier molecular flexibility index (Phi) is 13.8. The molecule has 2 aromatic rings. The van der Waals surface area contributed by atoms with Gasteiger partial charge in [0.05, 0.1) is 13.2 Å². The molecule has 250 valence electrons. The second-order valence-electron chi connectivity index (χ2n) is 16.3. The van der Waals surface area contributed by atoms with Crippen molar-refractivity contribution in [2.24, 2.45) is 0 Å². The minimum Gasteiger partial charge on any atom is -0.491 e. The van der Waals surface area contributed by atoms with E-state index in [-0.39, 0.29) is 48.1 Å². The molecule has 0 amide bonds. The monoisotopic (exact) mass is 614 g/mol. The van der Waals surface area contributed by atoms with Crippen molar-refractivity contribution in [2.45, 2.75) is 130 Å². The van der Waals surface area contributed by atoms with Gasteiger partial charge in [0.2, 0.25) is 0 Å². The predicted octanol–water partition coefficient (Wildman–Crippen LogP) is 7.87. The summed E-state index contributed by atoms with van der Waals surface area (Å²) in [5.74, 6) is 1.55. The first-order valence-electron chi connectivity index (χ1n) is 16.3. The van der Waals surface area contributed by atoms with E-state index in [0.29, 0.717) is 13.2 Å². The van der Waals surface area contributed by atoms with Crippen molar-refractivity contribution in [3.63, 3.8) is 0 Å². The molecular formula is C38H62O6. The molecule has 0 heterocycles. The highest BCUT2D eigenvalue weighted by atomic mass is 16.5. The van der Waals surface area contributed by atoms with Crippen LogP contribution in [0.5, 0.6) is 11.5 Å². The van der Waals surface area contributed by atoms with Crippen molar-refractivity contribution in [3.8, 4) is 11.5 Å². The van der Waals surface area contributed by atoms with Gasteiger partial charge in [-0.2, -0.15) is 0 Å². The molecule has 0 spiro atoms. The molecule has 2 rings (SSSR count). The van der Waals surface area contributed by atoms with Gasteiger partial charge < -0.3 is 29.2 Å². The summed E-state index contributed by atoms with van der Waals surface area (Å²) in [6, 6.07) is 12.8. The molecule has 2 atom stereocenters. The Hall–Kier alpha value is -2.12. The maximum atomic E-state index is 10.4. The van der Waals surface area contributed by atoms with Crippen molar-refractivity contribution >= 4 is 0 Å². The van der Waals surface area contributed by atoms with Crippen LogP contribution in [-0.2, 0) is 31.1 Å². The van der Waals surface area contributed by atoms with Crippen molar-refractivity contribution in [2.75, 3.05) is 39.6 Å². The average Bonchev–Trinajstić information content (AvgIpc) is 2.90. The summed E-state index contributed by atoms with van der Waals surface area (Å²) >= 11 is 0. The van der Waals surface area contributed by atoms with Gasteiger partial charge in [-0.25, -0.2) is 0 Å². The molecule has 6 heteroatoms. The Morgan fingerprint density at radius 2 is 0.727 bits per heavy atom. The minimum absolute atomic E-state index is 0.00574. The van der Waals surface area contributed by atoms with Crippen molar-refractivity contribution in [3.05, 3.63) is 58.7 Å². The van der Waals surface area contributed by atoms with E-state index in [4.69, 9.17) is 18.9 Å². The van der Waals surface area contributed by atoms with E-state index in [0.717, 1.165) is 24.3 Å². The smallest absolute Gasteiger partial charge is 0.120 e. The number of aliphatic hydroxyl groups is 2. The highest BCUT2D eigenvalue weighted by molar-refractivity contribution is 5.41. The van der Waals surface area contributed by atoms with Crippen LogP contribution >= 0.6 is 0 Å². The number of unbranched alkanes of at least 4 members (excludes halogenated alkanes) is 1. The zero-order valence-corrected chi connectivity index (χ0v) is 29.8. The fraction of sp³-hybridized carbons (Fsp3) is 0.684. The lowest BCUT2D eigenvalue weighted by molar-refractivity contribution is 0.000226. The number of hydrogen-bond acceptors (Lipinski definition) is 6. The molecule has 0 aliphatic rings. The average molecular weight is 615 g/mol. The lowest BCUT2D eigenvalue weighted by Crippen LogP contribution is -2.25. The van der Waals surface area contributed by atoms with Gasteiger partial charge in [0.25, 0.3) is 0 Å². The second-order valence-corrected chi connectivity index (χ2v) is 16.3. The summed E-state index contributed by atoms with van der Waals surface area (Å²) in [4.78, 5) is 0. The Morgan fingerprint density at radius 1 is 0.455 bits per heavy atom. The lowest BCUT2D eigenvalue weighted by atomic mass is 9.80. The summed E-state index contributed by atoms with van der Waals surface area (Å²) in [5.41, 5.74) is 4.89. The van der Waals surface area contributed by atoms with Gasteiger partial charge in [-0.15, -0.1) is 0 Å². The van der Waals surface area contributed by atoms with E-state index >= 15 is 0 Å². The van der Waals surface area contributed by atoms with Crippen LogP contribution in [0.15, 0.2) is 36.4 Å². The Balaban J connectivity index is 1.66. The molecule has 2 unspecified atom stereocenters. The molecule has 2 N–H and O–H groups in total. The van der Waals surface area contributed by atoms with E-state index in [2.05, 4.69) is 119 Å². The summed E-state index contributed by atoms with van der Waals surface area (Å²) in [7, 11) is 0. The third-order valence-corrected chi connectivity index (χ3v) is 7.61. The highest BCUT2D eigenvalue weighted by Gasteiger charge is 2.23. The molecule has 0 aliphatic heterocycles. The van der Waals surface area contributed by atoms with Gasteiger partial charge in [0.15, 0.2) is 0 Å². The van der Waals surface area contributed by atoms with Crippen LogP contribution in [0.4, 0.5) is 0 Å². The maximum Gasteiger partial charge on any atom is 0.120 e. The predicted molar refractivity (Wildman–Crippen MR) is 182 cm³/mol. The normalized spacial score (nSPS) is 14.4. The van der Waals surface area contributed by atoms with Gasteiger partial charge in [-0.3, -0.25) is 0 Å². The first-order chi connectivity index (χ1) is 20.2. The van der Waals surface area contributed by atoms with Crippen LogP contribution in [0, 0.1) is 0 Å². The summed E-state index contributed by atoms with van der Waals surface area (Å²) in [6.45, 7) is 28.2. The Morgan fingerprint density at radius 3 is 0.977 bits per heavy atom. The van der Waals surface area contributed by atoms with Crippen molar-refractivity contribution < 1.29 is 29.2 Å². The van der Waals surface area contributed by atoms with Crippen molar-refractivity contribution in [1.82, 2.24) is 0 Å². The zero-order valence-electron chi connectivity index (χ0n) is 29.8. The molecule has 0 aliphatic carbocycles. The molecule has 0 saturated heterocycles. The molecule has 0 aromatic heterocycles. The Labute approximate surface area is 268 Å². The van der Waals surface area contributed by atoms with Gasteiger partial charge >= 0.3 is 0 Å². The van der Waals surface area contributed by atoms with Gasteiger partial charge in [-0.05, 0) is 81.0 Å². The van der Waals surface area contributed by atoms with E-state index in [1.165, 1.54) is 22.3 Å². The fourth-order valence-electron chi connectivity index (χ4n) is 4.42. The van der Waals surface area contributed by atoms with E-state index in [1.54, 1.807) is 0 Å². The van der Waals surface area contributed by atoms with Gasteiger partial charge in [0, 0.05) is 13.2 Å². The second kappa shape index (κ2) is 15.9. The zero-order chi connectivity index (χ0) is 33.3. The van der Waals surface area contributed by atoms with E-state index in [9.17, 15) is 10.2 Å². The van der Waals surface area contributed by atoms with Gasteiger partial charge in [-0.1, -0.05) is 95.2 Å². The number of rotatable bonds is 15. The fourth-order valence-corrected chi connectivity index (χ4v) is 4.42. The molecule has 6 nitrogen and oxygen atoms in total. The molecular weight excluding hydrogens is 552 g/mol. The SMILES string of the molecule is CC(C)(C)c1cc(OCC(O)COCCCCOCC(O)COc2cc(C(C)(C)C)cc(C(C)(C)C)c2)cc(C(C)(C)C)c1. The lowest BCUT2D eigenvalue weighted by Gasteiger charge is -2.26. The number of ether oxygens (including phenoxy) is 4. The summed E-state index contributed by atoms with van der Waals surface area (Å²) < 4.78 is 23.3. The minimum atomic E-state index is -0.707. The summed E-state index contributed by atoms with van der Waals surface area (Å²) in [6.07, 6.45) is 0.193. The summed E-state index contributed by atoms with van der Waals surface area (Å²) in [5, 5.41) is 20.8. The third-order valence-electron chi connectivity index (χ3n) is 7.61. The van der Waals surface area contributed by atoms with Crippen LogP contribution in [-0.4, -0.2) is 62.1 Å². The number of hydrogen-bond donors (Lipinski definition) is 2. The van der Waals surface area contributed by atoms with Crippen LogP contribution < -0.4 is 9.47 Å². The molecule has 44 heavy (non-hydrogen) atoms. The molecule has 0 saturated carbocycles. The standard InChI is InChI=1S/C38H62O6/c1-35(2,3)27-17-28(36(4,5)6)20-33(19-27)43-25-31(39)23-41-15-13-14-16-42-24-32(40)26-44-34-21-29(37(7,8)9)18-30(22-34)38(10,11)12/h17-22,31-32,39-40H,13-16,23-26H2,1-12H3. The maximum absolute atomic E-state index is 10.4. The quantitative estimate of drug-likeness (QED) is 0.199. The van der Waals surface area contributed by atoms with Gasteiger partial charge in [0.1, 0.15) is 36.9 Å². The highest BCUT2D eigenvalue weighted by Crippen LogP contribution is 2.34. The largest absolute Gasteiger partial charge is 0.491 e. The van der Waals surface area contributed by atoms with Crippen LogP contribution in [0.2, 0.25) is 0 Å². The Bertz CT molecular complexity index is 988. The van der Waals surface area contributed by atoms with Crippen molar-refractivity contribution in [1.29, 1.82) is 0 Å². The van der Waals surface area contributed by atoms with E-state index in [1.807, 2.05) is 0 Å². The van der Waals surface area contributed by atoms with Crippen LogP contribution in [0.25, 0.3) is 0 Å². The molecule has 2 aromatic carbocycles. The molecule has 0 fully saturated rings. The first-order valence-corrected chi connectivity index (χ1v) is 16.3. The number of benzene rings is 2. The van der Waals surface area contributed by atoms with Crippen LogP contribution in [0.3, 0.4) is 0 Å². The number of aliphatic hydroxyl groups excluding tert-OH is 2. The molecule has 0 radical (unpaired) electrons. The van der Waals surface area contributed by atoms with Crippen LogP contribution in [0.1, 0.15) is 118 Å². The first kappa shape index (κ1) is 38.1. The third kappa shape index (κ3) is 13.5.